The second-order valence-corrected chi connectivity index (χ2v) is 3.71. The number of quaternary nitrogens is 1. The predicted octanol–water partition coefficient (Wildman–Crippen LogP) is 0.463. The first-order valence-electron chi connectivity index (χ1n) is 3.71. The molecule has 1 atom stereocenters. The number of rotatable bonds is 3. The van der Waals surface area contributed by atoms with Gasteiger partial charge >= 0.3 is 5.92 Å². The molecule has 0 aromatic carbocycles. The lowest BCUT2D eigenvalue weighted by Gasteiger charge is -2.28. The minimum atomic E-state index is -2.49. The SMILES string of the molecule is C[N+](C)(CCO)C1CC1(F)F. The van der Waals surface area contributed by atoms with Crippen molar-refractivity contribution < 1.29 is 18.4 Å². The van der Waals surface area contributed by atoms with Gasteiger partial charge in [0.1, 0.15) is 6.54 Å². The van der Waals surface area contributed by atoms with Crippen LogP contribution in [0.5, 0.6) is 0 Å². The van der Waals surface area contributed by atoms with Gasteiger partial charge in [-0.3, -0.25) is 0 Å². The smallest absolute Gasteiger partial charge is 0.304 e. The highest BCUT2D eigenvalue weighted by Gasteiger charge is 2.66. The Morgan fingerprint density at radius 1 is 1.55 bits per heavy atom. The molecule has 4 heteroatoms. The number of likely N-dealkylation sites (N-methyl/N-ethyl adjacent to an activating group) is 1. The lowest BCUT2D eigenvalue weighted by Crippen LogP contribution is -2.46. The number of nitrogens with zero attached hydrogens (tertiary/aromatic N) is 1. The molecular formula is C7H14F2NO+. The summed E-state index contributed by atoms with van der Waals surface area (Å²) in [6, 6.07) is -0.574. The van der Waals surface area contributed by atoms with Gasteiger partial charge in [-0.2, -0.15) is 8.78 Å². The number of alkyl halides is 2. The van der Waals surface area contributed by atoms with Crippen molar-refractivity contribution in [1.29, 1.82) is 0 Å². The highest BCUT2D eigenvalue weighted by molar-refractivity contribution is 4.97. The maximum atomic E-state index is 12.5. The van der Waals surface area contributed by atoms with Crippen LogP contribution < -0.4 is 0 Å². The van der Waals surface area contributed by atoms with Gasteiger partial charge in [0.2, 0.25) is 0 Å². The van der Waals surface area contributed by atoms with Crippen LogP contribution in [0.3, 0.4) is 0 Å². The standard InChI is InChI=1S/C7H14F2NO/c1-10(2,3-4-11)6-5-7(6,8)9/h6,11H,3-5H2,1-2H3/q+1. The van der Waals surface area contributed by atoms with Gasteiger partial charge in [0.15, 0.2) is 6.04 Å². The van der Waals surface area contributed by atoms with Crippen LogP contribution in [0.1, 0.15) is 6.42 Å². The van der Waals surface area contributed by atoms with E-state index in [1.54, 1.807) is 14.1 Å². The second kappa shape index (κ2) is 2.38. The molecule has 1 rings (SSSR count). The highest BCUT2D eigenvalue weighted by atomic mass is 19.3. The number of halogens is 2. The normalized spacial score (nSPS) is 28.6. The minimum absolute atomic E-state index is 0.0278. The molecule has 0 aromatic rings. The van der Waals surface area contributed by atoms with E-state index in [1.165, 1.54) is 0 Å². The largest absolute Gasteiger partial charge is 0.391 e. The van der Waals surface area contributed by atoms with Crippen LogP contribution >= 0.6 is 0 Å². The molecule has 11 heavy (non-hydrogen) atoms. The zero-order chi connectivity index (χ0) is 8.70. The Bertz CT molecular complexity index is 159. The van der Waals surface area contributed by atoms with Crippen molar-refractivity contribution in [2.24, 2.45) is 0 Å². The fourth-order valence-corrected chi connectivity index (χ4v) is 1.37. The fraction of sp³-hybridized carbons (Fsp3) is 1.00. The molecule has 1 saturated carbocycles. The molecule has 1 unspecified atom stereocenters. The van der Waals surface area contributed by atoms with E-state index in [9.17, 15) is 8.78 Å². The molecule has 1 N–H and O–H groups in total. The van der Waals surface area contributed by atoms with Crippen molar-refractivity contribution in [2.75, 3.05) is 27.2 Å². The molecule has 2 nitrogen and oxygen atoms in total. The molecule has 1 fully saturated rings. The maximum Gasteiger partial charge on any atom is 0.304 e. The Kier molecular flexibility index (Phi) is 1.92. The van der Waals surface area contributed by atoms with Crippen LogP contribution in [0.4, 0.5) is 8.78 Å². The third-order valence-corrected chi connectivity index (χ3v) is 2.31. The quantitative estimate of drug-likeness (QED) is 0.604. The molecule has 0 bridgehead atoms. The number of aliphatic hydroxyl groups excluding tert-OH is 1. The van der Waals surface area contributed by atoms with Crippen LogP contribution in [0.2, 0.25) is 0 Å². The molecule has 66 valence electrons. The summed E-state index contributed by atoms with van der Waals surface area (Å²) in [4.78, 5) is 0. The minimum Gasteiger partial charge on any atom is -0.391 e. The zero-order valence-corrected chi connectivity index (χ0v) is 6.85. The van der Waals surface area contributed by atoms with Gasteiger partial charge in [0, 0.05) is 0 Å². The van der Waals surface area contributed by atoms with E-state index in [2.05, 4.69) is 0 Å². The Hall–Kier alpha value is -0.220. The van der Waals surface area contributed by atoms with Crippen LogP contribution in [0.25, 0.3) is 0 Å². The monoisotopic (exact) mass is 166 g/mol. The highest BCUT2D eigenvalue weighted by Crippen LogP contribution is 2.47. The lowest BCUT2D eigenvalue weighted by molar-refractivity contribution is -0.905. The summed E-state index contributed by atoms with van der Waals surface area (Å²) in [5, 5.41) is 8.59. The first-order valence-corrected chi connectivity index (χ1v) is 3.71. The summed E-state index contributed by atoms with van der Waals surface area (Å²) in [5.74, 6) is -2.49. The van der Waals surface area contributed by atoms with Crippen LogP contribution in [-0.2, 0) is 0 Å². The molecule has 0 aromatic heterocycles. The van der Waals surface area contributed by atoms with Crippen LogP contribution in [0.15, 0.2) is 0 Å². The van der Waals surface area contributed by atoms with Gasteiger partial charge in [0.05, 0.1) is 27.1 Å². The van der Waals surface area contributed by atoms with Crippen molar-refractivity contribution in [3.63, 3.8) is 0 Å². The van der Waals surface area contributed by atoms with Crippen molar-refractivity contribution in [2.45, 2.75) is 18.4 Å². The first-order chi connectivity index (χ1) is 4.90. The van der Waals surface area contributed by atoms with Gasteiger partial charge in [-0.1, -0.05) is 0 Å². The van der Waals surface area contributed by atoms with Gasteiger partial charge in [0.25, 0.3) is 0 Å². The number of aliphatic hydroxyl groups is 1. The first kappa shape index (κ1) is 8.87. The Morgan fingerprint density at radius 3 is 2.27 bits per heavy atom. The number of hydrogen-bond acceptors (Lipinski definition) is 1. The Morgan fingerprint density at radius 2 is 2.00 bits per heavy atom. The molecular weight excluding hydrogens is 152 g/mol. The van der Waals surface area contributed by atoms with E-state index < -0.39 is 12.0 Å². The summed E-state index contributed by atoms with van der Waals surface area (Å²) >= 11 is 0. The zero-order valence-electron chi connectivity index (χ0n) is 6.85. The van der Waals surface area contributed by atoms with Gasteiger partial charge < -0.3 is 9.59 Å². The van der Waals surface area contributed by atoms with Crippen molar-refractivity contribution in [1.82, 2.24) is 0 Å². The average Bonchev–Trinajstić information content (AvgIpc) is 2.41. The third kappa shape index (κ3) is 1.68. The van der Waals surface area contributed by atoms with E-state index in [4.69, 9.17) is 5.11 Å². The lowest BCUT2D eigenvalue weighted by atomic mass is 10.4. The fourth-order valence-electron chi connectivity index (χ4n) is 1.37. The molecule has 1 aliphatic rings. The molecule has 0 spiro atoms. The van der Waals surface area contributed by atoms with Crippen molar-refractivity contribution >= 4 is 0 Å². The molecule has 0 amide bonds. The van der Waals surface area contributed by atoms with Gasteiger partial charge in [-0.15, -0.1) is 0 Å². The van der Waals surface area contributed by atoms with E-state index in [-0.39, 0.29) is 17.5 Å². The Balaban J connectivity index is 2.48. The summed E-state index contributed by atoms with van der Waals surface area (Å²) in [5.41, 5.74) is 0. The predicted molar refractivity (Wildman–Crippen MR) is 37.4 cm³/mol. The Labute approximate surface area is 65.0 Å². The summed E-state index contributed by atoms with van der Waals surface area (Å²) in [6.45, 7) is 0.375. The van der Waals surface area contributed by atoms with Gasteiger partial charge in [-0.25, -0.2) is 0 Å². The molecule has 0 aliphatic heterocycles. The summed E-state index contributed by atoms with van der Waals surface area (Å²) in [7, 11) is 3.45. The van der Waals surface area contributed by atoms with Crippen molar-refractivity contribution in [3.05, 3.63) is 0 Å². The molecule has 0 radical (unpaired) electrons. The maximum absolute atomic E-state index is 12.5. The number of hydrogen-bond donors (Lipinski definition) is 1. The topological polar surface area (TPSA) is 20.2 Å². The molecule has 0 saturated heterocycles. The third-order valence-electron chi connectivity index (χ3n) is 2.31. The van der Waals surface area contributed by atoms with Crippen molar-refractivity contribution in [3.8, 4) is 0 Å². The molecule has 0 heterocycles. The van der Waals surface area contributed by atoms with Crippen LogP contribution in [-0.4, -0.2) is 48.8 Å². The van der Waals surface area contributed by atoms with E-state index in [0.717, 1.165) is 0 Å². The van der Waals surface area contributed by atoms with E-state index in [1.807, 2.05) is 0 Å². The van der Waals surface area contributed by atoms with Crippen LogP contribution in [0, 0.1) is 0 Å². The summed E-state index contributed by atoms with van der Waals surface area (Å²) < 4.78 is 25.3. The van der Waals surface area contributed by atoms with E-state index in [0.29, 0.717) is 6.54 Å². The average molecular weight is 166 g/mol. The second-order valence-electron chi connectivity index (χ2n) is 3.71. The molecule has 1 aliphatic carbocycles. The van der Waals surface area contributed by atoms with E-state index >= 15 is 0 Å². The van der Waals surface area contributed by atoms with Gasteiger partial charge in [-0.05, 0) is 0 Å². The summed E-state index contributed by atoms with van der Waals surface area (Å²) in [6.07, 6.45) is -0.0278.